The summed E-state index contributed by atoms with van der Waals surface area (Å²) >= 11 is 5.84. The predicted octanol–water partition coefficient (Wildman–Crippen LogP) is 2.61. The zero-order valence-corrected chi connectivity index (χ0v) is 11.2. The molecule has 0 fully saturated rings. The average molecular weight is 303 g/mol. The standard InChI is InChI=1S/C14H7ClN2O4/c15-8-5-9(17(20)21)10-11(12(8)16)14(19)7-4-2-1-3-6(7)13(10)18/h1-5H,16H2. The minimum Gasteiger partial charge on any atom is -0.397 e. The van der Waals surface area contributed by atoms with Gasteiger partial charge in [-0.05, 0) is 0 Å². The molecule has 0 aromatic heterocycles. The fourth-order valence-corrected chi connectivity index (χ4v) is 2.61. The Morgan fingerprint density at radius 2 is 1.57 bits per heavy atom. The van der Waals surface area contributed by atoms with E-state index in [-0.39, 0.29) is 33.0 Å². The maximum Gasteiger partial charge on any atom is 0.282 e. The first kappa shape index (κ1) is 13.3. The number of carbonyl (C=O) groups is 2. The topological polar surface area (TPSA) is 103 Å². The lowest BCUT2D eigenvalue weighted by molar-refractivity contribution is -0.385. The Hall–Kier alpha value is -2.73. The number of hydrogen-bond donors (Lipinski definition) is 1. The number of halogens is 1. The highest BCUT2D eigenvalue weighted by Gasteiger charge is 2.38. The SMILES string of the molecule is Nc1c(Cl)cc([N+](=O)[O-])c2c1C(=O)c1ccccc1C2=O. The summed E-state index contributed by atoms with van der Waals surface area (Å²) in [5, 5.41) is 11.0. The molecule has 7 heteroatoms. The van der Waals surface area contributed by atoms with Gasteiger partial charge in [-0.15, -0.1) is 0 Å². The fourth-order valence-electron chi connectivity index (χ4n) is 2.41. The molecule has 0 saturated carbocycles. The van der Waals surface area contributed by atoms with E-state index in [2.05, 4.69) is 0 Å². The van der Waals surface area contributed by atoms with Gasteiger partial charge in [0.1, 0.15) is 5.56 Å². The first-order valence-electron chi connectivity index (χ1n) is 5.88. The molecule has 0 bridgehead atoms. The molecule has 2 aromatic rings. The van der Waals surface area contributed by atoms with Gasteiger partial charge in [-0.3, -0.25) is 19.7 Å². The Kier molecular flexibility index (Phi) is 2.77. The number of nitrogen functional groups attached to an aromatic ring is 1. The fraction of sp³-hybridized carbons (Fsp3) is 0. The molecule has 0 radical (unpaired) electrons. The normalized spacial score (nSPS) is 12.8. The van der Waals surface area contributed by atoms with E-state index in [0.29, 0.717) is 0 Å². The van der Waals surface area contributed by atoms with Gasteiger partial charge < -0.3 is 5.73 Å². The summed E-state index contributed by atoms with van der Waals surface area (Å²) in [4.78, 5) is 35.4. The van der Waals surface area contributed by atoms with Crippen molar-refractivity contribution in [1.29, 1.82) is 0 Å². The van der Waals surface area contributed by atoms with Gasteiger partial charge in [0.25, 0.3) is 5.69 Å². The molecule has 0 aliphatic heterocycles. The van der Waals surface area contributed by atoms with Crippen molar-refractivity contribution < 1.29 is 14.5 Å². The number of nitrogens with zero attached hydrogens (tertiary/aromatic N) is 1. The van der Waals surface area contributed by atoms with Gasteiger partial charge in [-0.2, -0.15) is 0 Å². The van der Waals surface area contributed by atoms with Gasteiger partial charge in [0.05, 0.1) is 21.2 Å². The van der Waals surface area contributed by atoms with Crippen molar-refractivity contribution in [1.82, 2.24) is 0 Å². The van der Waals surface area contributed by atoms with Crippen LogP contribution in [-0.2, 0) is 0 Å². The largest absolute Gasteiger partial charge is 0.397 e. The number of nitrogens with two attached hydrogens (primary N) is 1. The lowest BCUT2D eigenvalue weighted by Gasteiger charge is -2.19. The molecule has 1 aliphatic rings. The molecule has 0 atom stereocenters. The Morgan fingerprint density at radius 1 is 1.05 bits per heavy atom. The second-order valence-electron chi connectivity index (χ2n) is 4.50. The Labute approximate surface area is 123 Å². The summed E-state index contributed by atoms with van der Waals surface area (Å²) in [6.07, 6.45) is 0. The van der Waals surface area contributed by atoms with Gasteiger partial charge in [-0.25, -0.2) is 0 Å². The Morgan fingerprint density at radius 3 is 2.10 bits per heavy atom. The third-order valence-electron chi connectivity index (χ3n) is 3.36. The summed E-state index contributed by atoms with van der Waals surface area (Å²) in [5.41, 5.74) is 4.91. The number of fused-ring (bicyclic) bond motifs is 2. The molecule has 0 saturated heterocycles. The van der Waals surface area contributed by atoms with Crippen LogP contribution in [0, 0.1) is 10.1 Å². The molecule has 2 aromatic carbocycles. The zero-order chi connectivity index (χ0) is 15.3. The van der Waals surface area contributed by atoms with Crippen molar-refractivity contribution in [2.75, 3.05) is 5.73 Å². The summed E-state index contributed by atoms with van der Waals surface area (Å²) in [6, 6.07) is 7.11. The number of hydrogen-bond acceptors (Lipinski definition) is 5. The first-order valence-corrected chi connectivity index (χ1v) is 6.26. The minimum atomic E-state index is -0.747. The van der Waals surface area contributed by atoms with Gasteiger partial charge >= 0.3 is 0 Å². The average Bonchev–Trinajstić information content (AvgIpc) is 2.47. The molecule has 2 N–H and O–H groups in total. The molecule has 1 aliphatic carbocycles. The molecule has 0 amide bonds. The van der Waals surface area contributed by atoms with Crippen LogP contribution in [0.2, 0.25) is 5.02 Å². The second-order valence-corrected chi connectivity index (χ2v) is 4.91. The predicted molar refractivity (Wildman–Crippen MR) is 75.8 cm³/mol. The number of carbonyl (C=O) groups excluding carboxylic acids is 2. The van der Waals surface area contributed by atoms with Crippen molar-refractivity contribution >= 4 is 34.5 Å². The van der Waals surface area contributed by atoms with Crippen molar-refractivity contribution in [3.63, 3.8) is 0 Å². The van der Waals surface area contributed by atoms with Crippen LogP contribution in [0.3, 0.4) is 0 Å². The Bertz CT molecular complexity index is 845. The minimum absolute atomic E-state index is 0.120. The third-order valence-corrected chi connectivity index (χ3v) is 3.68. The third kappa shape index (κ3) is 1.73. The van der Waals surface area contributed by atoms with Crippen LogP contribution in [0.25, 0.3) is 0 Å². The van der Waals surface area contributed by atoms with E-state index in [1.54, 1.807) is 12.1 Å². The summed E-state index contributed by atoms with van der Waals surface area (Å²) < 4.78 is 0. The first-order chi connectivity index (χ1) is 9.93. The van der Waals surface area contributed by atoms with Crippen molar-refractivity contribution in [2.24, 2.45) is 0 Å². The molecule has 0 spiro atoms. The highest BCUT2D eigenvalue weighted by atomic mass is 35.5. The quantitative estimate of drug-likeness (QED) is 0.423. The van der Waals surface area contributed by atoms with Gasteiger partial charge in [-0.1, -0.05) is 35.9 Å². The van der Waals surface area contributed by atoms with E-state index in [0.717, 1.165) is 6.07 Å². The number of benzene rings is 2. The van der Waals surface area contributed by atoms with Crippen molar-refractivity contribution in [2.45, 2.75) is 0 Å². The highest BCUT2D eigenvalue weighted by Crippen LogP contribution is 2.39. The van der Waals surface area contributed by atoms with Crippen LogP contribution in [0.5, 0.6) is 0 Å². The van der Waals surface area contributed by atoms with Crippen LogP contribution < -0.4 is 5.73 Å². The summed E-state index contributed by atoms with van der Waals surface area (Å²) in [7, 11) is 0. The monoisotopic (exact) mass is 302 g/mol. The van der Waals surface area contributed by atoms with E-state index >= 15 is 0 Å². The van der Waals surface area contributed by atoms with Gasteiger partial charge in [0, 0.05) is 17.2 Å². The maximum atomic E-state index is 12.5. The van der Waals surface area contributed by atoms with E-state index in [9.17, 15) is 19.7 Å². The van der Waals surface area contributed by atoms with Crippen molar-refractivity contribution in [3.05, 3.63) is 67.7 Å². The van der Waals surface area contributed by atoms with Crippen LogP contribution in [0.4, 0.5) is 11.4 Å². The van der Waals surface area contributed by atoms with E-state index in [4.69, 9.17) is 17.3 Å². The number of nitro groups is 1. The summed E-state index contributed by atoms with van der Waals surface area (Å²) in [5.74, 6) is -1.14. The highest BCUT2D eigenvalue weighted by molar-refractivity contribution is 6.38. The summed E-state index contributed by atoms with van der Waals surface area (Å²) in [6.45, 7) is 0. The van der Waals surface area contributed by atoms with Crippen LogP contribution in [0.15, 0.2) is 30.3 Å². The van der Waals surface area contributed by atoms with Gasteiger partial charge in [0.15, 0.2) is 5.78 Å². The van der Waals surface area contributed by atoms with Gasteiger partial charge in [0.2, 0.25) is 5.78 Å². The van der Waals surface area contributed by atoms with E-state index < -0.39 is 22.2 Å². The maximum absolute atomic E-state index is 12.5. The second kappa shape index (κ2) is 4.39. The molecule has 6 nitrogen and oxygen atoms in total. The van der Waals surface area contributed by atoms with E-state index in [1.165, 1.54) is 12.1 Å². The lowest BCUT2D eigenvalue weighted by Crippen LogP contribution is -2.23. The van der Waals surface area contributed by atoms with Crippen molar-refractivity contribution in [3.8, 4) is 0 Å². The molecular weight excluding hydrogens is 296 g/mol. The van der Waals surface area contributed by atoms with E-state index in [1.807, 2.05) is 0 Å². The molecule has 0 heterocycles. The number of anilines is 1. The number of rotatable bonds is 1. The van der Waals surface area contributed by atoms with Crippen LogP contribution >= 0.6 is 11.6 Å². The van der Waals surface area contributed by atoms with Crippen LogP contribution in [-0.4, -0.2) is 16.5 Å². The molecule has 104 valence electrons. The Balaban J connectivity index is 2.45. The number of ketones is 2. The van der Waals surface area contributed by atoms with Crippen LogP contribution in [0.1, 0.15) is 31.8 Å². The lowest BCUT2D eigenvalue weighted by atomic mass is 9.82. The molecule has 0 unspecified atom stereocenters. The molecule has 21 heavy (non-hydrogen) atoms. The molecular formula is C14H7ClN2O4. The molecule has 3 rings (SSSR count). The number of nitro benzene ring substituents is 1. The zero-order valence-electron chi connectivity index (χ0n) is 10.4. The smallest absolute Gasteiger partial charge is 0.282 e.